The molecule has 0 bridgehead atoms. The van der Waals surface area contributed by atoms with Crippen LogP contribution in [0.4, 0.5) is 0 Å². The molecule has 1 heteroatoms. The van der Waals surface area contributed by atoms with Gasteiger partial charge in [0.1, 0.15) is 0 Å². The van der Waals surface area contributed by atoms with Crippen molar-refractivity contribution in [1.29, 1.82) is 0 Å². The number of hydrogen-bond acceptors (Lipinski definition) is 1. The van der Waals surface area contributed by atoms with Gasteiger partial charge in [-0.25, -0.2) is 0 Å². The second-order valence-electron chi connectivity index (χ2n) is 5.24. The standard InChI is InChI=1S/C14H21N/c1-10-5-6-11(2)12(9-10)13(15-4)14(3)7-8-14/h5-6,9,13,15H,7-8H2,1-4H3. The summed E-state index contributed by atoms with van der Waals surface area (Å²) in [4.78, 5) is 0. The molecule has 0 amide bonds. The number of nitrogens with one attached hydrogen (secondary N) is 1. The van der Waals surface area contributed by atoms with Gasteiger partial charge in [0.05, 0.1) is 0 Å². The third-order valence-electron chi connectivity index (χ3n) is 3.77. The molecule has 1 nitrogen and oxygen atoms in total. The summed E-state index contributed by atoms with van der Waals surface area (Å²) < 4.78 is 0. The Balaban J connectivity index is 2.37. The quantitative estimate of drug-likeness (QED) is 0.794. The second kappa shape index (κ2) is 3.64. The molecule has 15 heavy (non-hydrogen) atoms. The third-order valence-corrected chi connectivity index (χ3v) is 3.77. The molecule has 1 aliphatic carbocycles. The highest BCUT2D eigenvalue weighted by Crippen LogP contribution is 2.54. The van der Waals surface area contributed by atoms with Crippen LogP contribution in [-0.2, 0) is 0 Å². The molecule has 1 unspecified atom stereocenters. The van der Waals surface area contributed by atoms with Crippen LogP contribution in [0.3, 0.4) is 0 Å². The van der Waals surface area contributed by atoms with Crippen molar-refractivity contribution in [3.8, 4) is 0 Å². The summed E-state index contributed by atoms with van der Waals surface area (Å²) in [5.74, 6) is 0. The lowest BCUT2D eigenvalue weighted by atomic mass is 9.88. The average molecular weight is 203 g/mol. The number of hydrogen-bond donors (Lipinski definition) is 1. The van der Waals surface area contributed by atoms with Crippen LogP contribution in [0, 0.1) is 19.3 Å². The minimum absolute atomic E-state index is 0.493. The zero-order valence-corrected chi connectivity index (χ0v) is 10.2. The summed E-state index contributed by atoms with van der Waals surface area (Å²) in [5, 5.41) is 3.49. The van der Waals surface area contributed by atoms with Crippen molar-refractivity contribution in [3.05, 3.63) is 34.9 Å². The smallest absolute Gasteiger partial charge is 0.0374 e. The van der Waals surface area contributed by atoms with Crippen molar-refractivity contribution in [2.24, 2.45) is 5.41 Å². The van der Waals surface area contributed by atoms with Crippen molar-refractivity contribution >= 4 is 0 Å². The van der Waals surface area contributed by atoms with Crippen molar-refractivity contribution in [3.63, 3.8) is 0 Å². The van der Waals surface area contributed by atoms with Crippen LogP contribution < -0.4 is 5.32 Å². The van der Waals surface area contributed by atoms with Crippen LogP contribution in [0.5, 0.6) is 0 Å². The number of rotatable bonds is 3. The van der Waals surface area contributed by atoms with Crippen LogP contribution in [0.1, 0.15) is 42.5 Å². The number of benzene rings is 1. The Morgan fingerprint density at radius 3 is 2.47 bits per heavy atom. The zero-order chi connectivity index (χ0) is 11.1. The largest absolute Gasteiger partial charge is 0.313 e. The molecule has 1 aliphatic rings. The highest BCUT2D eigenvalue weighted by Gasteiger charge is 2.45. The first-order valence-electron chi connectivity index (χ1n) is 5.81. The van der Waals surface area contributed by atoms with Gasteiger partial charge in [0.15, 0.2) is 0 Å². The molecule has 0 radical (unpaired) electrons. The van der Waals surface area contributed by atoms with Gasteiger partial charge in [0, 0.05) is 6.04 Å². The maximum Gasteiger partial charge on any atom is 0.0374 e. The van der Waals surface area contributed by atoms with Crippen LogP contribution in [-0.4, -0.2) is 7.05 Å². The maximum atomic E-state index is 3.49. The highest BCUT2D eigenvalue weighted by atomic mass is 14.9. The summed E-state index contributed by atoms with van der Waals surface area (Å²) in [6, 6.07) is 7.29. The van der Waals surface area contributed by atoms with E-state index in [9.17, 15) is 0 Å². The van der Waals surface area contributed by atoms with Crippen molar-refractivity contribution in [2.75, 3.05) is 7.05 Å². The average Bonchev–Trinajstić information content (AvgIpc) is 2.92. The molecule has 1 fully saturated rings. The predicted octanol–water partition coefficient (Wildman–Crippen LogP) is 3.36. The third kappa shape index (κ3) is 1.93. The van der Waals surface area contributed by atoms with Gasteiger partial charge in [0.25, 0.3) is 0 Å². The molecule has 2 rings (SSSR count). The molecule has 0 aromatic heterocycles. The van der Waals surface area contributed by atoms with Gasteiger partial charge in [-0.3, -0.25) is 0 Å². The van der Waals surface area contributed by atoms with Gasteiger partial charge < -0.3 is 5.32 Å². The lowest BCUT2D eigenvalue weighted by Gasteiger charge is -2.25. The van der Waals surface area contributed by atoms with Crippen molar-refractivity contribution < 1.29 is 0 Å². The SMILES string of the molecule is CNC(c1cc(C)ccc1C)C1(C)CC1. The van der Waals surface area contributed by atoms with E-state index in [-0.39, 0.29) is 0 Å². The molecule has 1 saturated carbocycles. The summed E-state index contributed by atoms with van der Waals surface area (Å²) in [6.07, 6.45) is 2.71. The fourth-order valence-corrected chi connectivity index (χ4v) is 2.44. The first kappa shape index (κ1) is 10.7. The molecule has 82 valence electrons. The molecule has 1 atom stereocenters. The van der Waals surface area contributed by atoms with Gasteiger partial charge in [-0.05, 0) is 50.3 Å². The fraction of sp³-hybridized carbons (Fsp3) is 0.571. The summed E-state index contributed by atoms with van der Waals surface area (Å²) in [5.41, 5.74) is 4.75. The first-order chi connectivity index (χ1) is 7.07. The van der Waals surface area contributed by atoms with E-state index in [1.54, 1.807) is 0 Å². The van der Waals surface area contributed by atoms with E-state index in [0.29, 0.717) is 11.5 Å². The van der Waals surface area contributed by atoms with Crippen LogP contribution >= 0.6 is 0 Å². The van der Waals surface area contributed by atoms with Gasteiger partial charge in [-0.2, -0.15) is 0 Å². The Bertz CT molecular complexity index is 364. The lowest BCUT2D eigenvalue weighted by molar-refractivity contribution is 0.389. The first-order valence-corrected chi connectivity index (χ1v) is 5.81. The van der Waals surface area contributed by atoms with E-state index in [0.717, 1.165) is 0 Å². The Kier molecular flexibility index (Phi) is 2.59. The second-order valence-corrected chi connectivity index (χ2v) is 5.24. The lowest BCUT2D eigenvalue weighted by Crippen LogP contribution is -2.25. The maximum absolute atomic E-state index is 3.49. The van der Waals surface area contributed by atoms with E-state index in [2.05, 4.69) is 51.3 Å². The number of aryl methyl sites for hydroxylation is 2. The molecular formula is C14H21N. The monoisotopic (exact) mass is 203 g/mol. The van der Waals surface area contributed by atoms with E-state index in [4.69, 9.17) is 0 Å². The topological polar surface area (TPSA) is 12.0 Å². The van der Waals surface area contributed by atoms with E-state index >= 15 is 0 Å². The van der Waals surface area contributed by atoms with Gasteiger partial charge in [-0.15, -0.1) is 0 Å². The molecule has 0 spiro atoms. The summed E-state index contributed by atoms with van der Waals surface area (Å²) in [6.45, 7) is 6.77. The predicted molar refractivity (Wildman–Crippen MR) is 65.1 cm³/mol. The van der Waals surface area contributed by atoms with E-state index in [1.807, 2.05) is 0 Å². The Labute approximate surface area is 92.9 Å². The van der Waals surface area contributed by atoms with Gasteiger partial charge in [-0.1, -0.05) is 30.7 Å². The zero-order valence-electron chi connectivity index (χ0n) is 10.2. The van der Waals surface area contributed by atoms with Crippen LogP contribution in [0.25, 0.3) is 0 Å². The molecular weight excluding hydrogens is 182 g/mol. The Hall–Kier alpha value is -0.820. The summed E-state index contributed by atoms with van der Waals surface area (Å²) in [7, 11) is 2.08. The molecule has 0 saturated heterocycles. The van der Waals surface area contributed by atoms with E-state index in [1.165, 1.54) is 29.5 Å². The highest BCUT2D eigenvalue weighted by molar-refractivity contribution is 5.35. The van der Waals surface area contributed by atoms with Gasteiger partial charge in [0.2, 0.25) is 0 Å². The summed E-state index contributed by atoms with van der Waals surface area (Å²) >= 11 is 0. The van der Waals surface area contributed by atoms with Crippen molar-refractivity contribution in [2.45, 2.75) is 39.7 Å². The molecule has 1 aromatic rings. The van der Waals surface area contributed by atoms with Crippen molar-refractivity contribution in [1.82, 2.24) is 5.32 Å². The molecule has 1 aromatic carbocycles. The van der Waals surface area contributed by atoms with Gasteiger partial charge >= 0.3 is 0 Å². The van der Waals surface area contributed by atoms with Crippen LogP contribution in [0.2, 0.25) is 0 Å². The Morgan fingerprint density at radius 2 is 1.93 bits per heavy atom. The fourth-order valence-electron chi connectivity index (χ4n) is 2.44. The minimum Gasteiger partial charge on any atom is -0.313 e. The molecule has 0 aliphatic heterocycles. The normalized spacial score (nSPS) is 20.0. The minimum atomic E-state index is 0.493. The van der Waals surface area contributed by atoms with E-state index < -0.39 is 0 Å². The van der Waals surface area contributed by atoms with Crippen LogP contribution in [0.15, 0.2) is 18.2 Å². The molecule has 1 N–H and O–H groups in total. The Morgan fingerprint density at radius 1 is 1.27 bits per heavy atom. The molecule has 0 heterocycles.